The van der Waals surface area contributed by atoms with Crippen molar-refractivity contribution in [1.29, 1.82) is 0 Å². The smallest absolute Gasteiger partial charge is 0.241 e. The van der Waals surface area contributed by atoms with Crippen LogP contribution in [0.1, 0.15) is 13.3 Å². The highest BCUT2D eigenvalue weighted by Crippen LogP contribution is 2.18. The van der Waals surface area contributed by atoms with Gasteiger partial charge >= 0.3 is 0 Å². The number of halogens is 1. The van der Waals surface area contributed by atoms with Gasteiger partial charge in [0, 0.05) is 38.1 Å². The second-order valence-corrected chi connectivity index (χ2v) is 5.50. The fourth-order valence-electron chi connectivity index (χ4n) is 2.53. The van der Waals surface area contributed by atoms with E-state index < -0.39 is 0 Å². The molecular formula is C13H18ClN7. The Morgan fingerprint density at radius 1 is 1.24 bits per heavy atom. The van der Waals surface area contributed by atoms with E-state index in [2.05, 4.69) is 43.7 Å². The summed E-state index contributed by atoms with van der Waals surface area (Å²) in [6.45, 7) is 4.97. The van der Waals surface area contributed by atoms with Crippen LogP contribution in [0.3, 0.4) is 0 Å². The maximum absolute atomic E-state index is 6.05. The predicted octanol–water partition coefficient (Wildman–Crippen LogP) is 1.24. The van der Waals surface area contributed by atoms with Gasteiger partial charge in [0.05, 0.1) is 0 Å². The van der Waals surface area contributed by atoms with Crippen LogP contribution >= 0.6 is 11.6 Å². The molecule has 1 aliphatic rings. The van der Waals surface area contributed by atoms with Crippen LogP contribution in [0.15, 0.2) is 18.7 Å². The molecule has 0 aromatic carbocycles. The second-order valence-electron chi connectivity index (χ2n) is 5.16. The van der Waals surface area contributed by atoms with Gasteiger partial charge in [0.1, 0.15) is 6.33 Å². The number of likely N-dealkylation sites (N-methyl/N-ethyl adjacent to an activating group) is 1. The number of hydrogen-bond acceptors (Lipinski definition) is 6. The largest absolute Gasteiger partial charge is 0.338 e. The van der Waals surface area contributed by atoms with E-state index in [1.54, 1.807) is 23.3 Å². The molecule has 0 radical (unpaired) electrons. The summed E-state index contributed by atoms with van der Waals surface area (Å²) in [5.41, 5.74) is 0. The van der Waals surface area contributed by atoms with Gasteiger partial charge in [-0.2, -0.15) is 15.0 Å². The average molecular weight is 308 g/mol. The lowest BCUT2D eigenvalue weighted by Crippen LogP contribution is -2.51. The van der Waals surface area contributed by atoms with Gasteiger partial charge in [-0.3, -0.25) is 9.47 Å². The van der Waals surface area contributed by atoms with E-state index in [-0.39, 0.29) is 5.28 Å². The fourth-order valence-corrected chi connectivity index (χ4v) is 2.68. The second kappa shape index (κ2) is 5.95. The Morgan fingerprint density at radius 3 is 2.76 bits per heavy atom. The quantitative estimate of drug-likeness (QED) is 0.850. The average Bonchev–Trinajstić information content (AvgIpc) is 3.01. The molecule has 0 saturated carbocycles. The van der Waals surface area contributed by atoms with Crippen molar-refractivity contribution in [3.8, 4) is 5.95 Å². The lowest BCUT2D eigenvalue weighted by Gasteiger charge is -2.39. The van der Waals surface area contributed by atoms with E-state index in [0.717, 1.165) is 26.1 Å². The molecule has 7 nitrogen and oxygen atoms in total. The summed E-state index contributed by atoms with van der Waals surface area (Å²) in [6, 6.07) is 0.506. The fraction of sp³-hybridized carbons (Fsp3) is 0.538. The molecule has 3 rings (SSSR count). The van der Waals surface area contributed by atoms with E-state index in [4.69, 9.17) is 11.6 Å². The highest BCUT2D eigenvalue weighted by atomic mass is 35.5. The van der Waals surface area contributed by atoms with Crippen LogP contribution in [0.5, 0.6) is 0 Å². The van der Waals surface area contributed by atoms with E-state index in [1.807, 2.05) is 0 Å². The van der Waals surface area contributed by atoms with Crippen LogP contribution in [0.25, 0.3) is 5.95 Å². The first kappa shape index (κ1) is 14.2. The minimum absolute atomic E-state index is 0.204. The molecule has 21 heavy (non-hydrogen) atoms. The Balaban J connectivity index is 1.88. The lowest BCUT2D eigenvalue weighted by atomic mass is 10.1. The molecule has 2 aromatic heterocycles. The highest BCUT2D eigenvalue weighted by Gasteiger charge is 2.25. The Hall–Kier alpha value is -1.73. The Labute approximate surface area is 128 Å². The molecule has 0 N–H and O–H groups in total. The molecule has 3 heterocycles. The summed E-state index contributed by atoms with van der Waals surface area (Å²) in [7, 11) is 2.16. The van der Waals surface area contributed by atoms with Crippen molar-refractivity contribution < 1.29 is 0 Å². The number of piperazine rings is 1. The van der Waals surface area contributed by atoms with Crippen molar-refractivity contribution in [2.75, 3.05) is 31.6 Å². The maximum Gasteiger partial charge on any atom is 0.241 e. The van der Waals surface area contributed by atoms with Gasteiger partial charge in [0.15, 0.2) is 0 Å². The van der Waals surface area contributed by atoms with Crippen molar-refractivity contribution in [3.05, 3.63) is 24.0 Å². The standard InChI is InChI=1S/C13H18ClN7/c1-3-10-8-20(7-6-19(10)2)12-16-11(14)17-13(18-12)21-5-4-15-9-21/h4-5,9-10H,3,6-8H2,1-2H3. The molecule has 1 saturated heterocycles. The topological polar surface area (TPSA) is 63.0 Å². The third-order valence-electron chi connectivity index (χ3n) is 3.85. The number of nitrogens with zero attached hydrogens (tertiary/aromatic N) is 7. The highest BCUT2D eigenvalue weighted by molar-refractivity contribution is 6.28. The minimum Gasteiger partial charge on any atom is -0.338 e. The Morgan fingerprint density at radius 2 is 2.05 bits per heavy atom. The van der Waals surface area contributed by atoms with Crippen molar-refractivity contribution in [2.45, 2.75) is 19.4 Å². The summed E-state index contributed by atoms with van der Waals surface area (Å²) in [5, 5.41) is 0.204. The van der Waals surface area contributed by atoms with Crippen LogP contribution in [0, 0.1) is 0 Å². The van der Waals surface area contributed by atoms with Crippen molar-refractivity contribution in [3.63, 3.8) is 0 Å². The molecule has 2 aromatic rings. The predicted molar refractivity (Wildman–Crippen MR) is 80.9 cm³/mol. The summed E-state index contributed by atoms with van der Waals surface area (Å²) in [6.07, 6.45) is 6.21. The molecule has 1 unspecified atom stereocenters. The van der Waals surface area contributed by atoms with Crippen LogP contribution in [-0.2, 0) is 0 Å². The van der Waals surface area contributed by atoms with E-state index in [9.17, 15) is 0 Å². The zero-order chi connectivity index (χ0) is 14.8. The van der Waals surface area contributed by atoms with Crippen LogP contribution in [-0.4, -0.2) is 62.1 Å². The first-order chi connectivity index (χ1) is 10.2. The number of hydrogen-bond donors (Lipinski definition) is 0. The van der Waals surface area contributed by atoms with Crippen LogP contribution < -0.4 is 4.90 Å². The molecular weight excluding hydrogens is 290 g/mol. The zero-order valence-electron chi connectivity index (χ0n) is 12.1. The Bertz CT molecular complexity index is 601. The third kappa shape index (κ3) is 2.98. The van der Waals surface area contributed by atoms with Gasteiger partial charge in [-0.15, -0.1) is 0 Å². The van der Waals surface area contributed by atoms with Gasteiger partial charge in [-0.1, -0.05) is 6.92 Å². The molecule has 1 atom stereocenters. The SMILES string of the molecule is CCC1CN(c2nc(Cl)nc(-n3ccnc3)n2)CCN1C. The first-order valence-corrected chi connectivity index (χ1v) is 7.40. The molecule has 0 aliphatic carbocycles. The molecule has 0 amide bonds. The van der Waals surface area contributed by atoms with Crippen molar-refractivity contribution >= 4 is 17.5 Å². The normalized spacial score (nSPS) is 20.0. The molecule has 0 spiro atoms. The number of aromatic nitrogens is 5. The summed E-state index contributed by atoms with van der Waals surface area (Å²) < 4.78 is 1.73. The monoisotopic (exact) mass is 307 g/mol. The van der Waals surface area contributed by atoms with E-state index in [1.165, 1.54) is 0 Å². The molecule has 1 aliphatic heterocycles. The maximum atomic E-state index is 6.05. The summed E-state index contributed by atoms with van der Waals surface area (Å²) >= 11 is 6.05. The van der Waals surface area contributed by atoms with Crippen LogP contribution in [0.4, 0.5) is 5.95 Å². The number of anilines is 1. The van der Waals surface area contributed by atoms with Crippen molar-refractivity contribution in [1.82, 2.24) is 29.4 Å². The Kier molecular flexibility index (Phi) is 4.03. The third-order valence-corrected chi connectivity index (χ3v) is 4.02. The molecule has 112 valence electrons. The van der Waals surface area contributed by atoms with E-state index >= 15 is 0 Å². The van der Waals surface area contributed by atoms with Gasteiger partial charge in [-0.25, -0.2) is 4.98 Å². The first-order valence-electron chi connectivity index (χ1n) is 7.02. The van der Waals surface area contributed by atoms with Gasteiger partial charge < -0.3 is 4.90 Å². The number of imidazole rings is 1. The summed E-state index contributed by atoms with van der Waals surface area (Å²) in [5.74, 6) is 1.12. The van der Waals surface area contributed by atoms with Gasteiger partial charge in [0.25, 0.3) is 0 Å². The summed E-state index contributed by atoms with van der Waals surface area (Å²) in [4.78, 5) is 21.5. The van der Waals surface area contributed by atoms with E-state index in [0.29, 0.717) is 17.9 Å². The lowest BCUT2D eigenvalue weighted by molar-refractivity contribution is 0.212. The molecule has 0 bridgehead atoms. The molecule has 8 heteroatoms. The van der Waals surface area contributed by atoms with Crippen LogP contribution in [0.2, 0.25) is 5.28 Å². The minimum atomic E-state index is 0.204. The van der Waals surface area contributed by atoms with Gasteiger partial charge in [-0.05, 0) is 25.1 Å². The van der Waals surface area contributed by atoms with Crippen molar-refractivity contribution in [2.24, 2.45) is 0 Å². The number of rotatable bonds is 3. The molecule has 1 fully saturated rings. The van der Waals surface area contributed by atoms with Gasteiger partial charge in [0.2, 0.25) is 17.2 Å². The zero-order valence-corrected chi connectivity index (χ0v) is 12.9.